The molecule has 0 saturated carbocycles. The average Bonchev–Trinajstić information content (AvgIpc) is 2.23. The molecule has 1 aromatic carbocycles. The summed E-state index contributed by atoms with van der Waals surface area (Å²) in [5.74, 6) is 0.636. The molecular formula is C11H14BrClO3S. The van der Waals surface area contributed by atoms with Crippen LogP contribution in [0.2, 0.25) is 0 Å². The summed E-state index contributed by atoms with van der Waals surface area (Å²) >= 11 is 3.16. The third-order valence-electron chi connectivity index (χ3n) is 2.18. The van der Waals surface area contributed by atoms with Crippen molar-refractivity contribution in [1.29, 1.82) is 0 Å². The van der Waals surface area contributed by atoms with Crippen LogP contribution in [0.15, 0.2) is 27.6 Å². The summed E-state index contributed by atoms with van der Waals surface area (Å²) in [6.07, 6.45) is 3.25. The van der Waals surface area contributed by atoms with E-state index in [9.17, 15) is 8.42 Å². The Morgan fingerprint density at radius 1 is 1.35 bits per heavy atom. The zero-order valence-electron chi connectivity index (χ0n) is 9.45. The fourth-order valence-corrected chi connectivity index (χ4v) is 3.51. The van der Waals surface area contributed by atoms with Gasteiger partial charge in [-0.05, 0) is 40.5 Å². The van der Waals surface area contributed by atoms with Gasteiger partial charge in [0.2, 0.25) is 0 Å². The van der Waals surface area contributed by atoms with Crippen LogP contribution < -0.4 is 4.74 Å². The van der Waals surface area contributed by atoms with Crippen LogP contribution in [0.1, 0.15) is 26.2 Å². The van der Waals surface area contributed by atoms with Crippen LogP contribution in [0, 0.1) is 0 Å². The number of ether oxygens (including phenoxy) is 1. The topological polar surface area (TPSA) is 43.4 Å². The Hall–Kier alpha value is -0.260. The van der Waals surface area contributed by atoms with Crippen molar-refractivity contribution < 1.29 is 13.2 Å². The second-order valence-corrected chi connectivity index (χ2v) is 6.97. The van der Waals surface area contributed by atoms with Crippen molar-refractivity contribution in [2.75, 3.05) is 6.61 Å². The van der Waals surface area contributed by atoms with Crippen LogP contribution in [-0.4, -0.2) is 15.0 Å². The molecule has 0 amide bonds. The molecule has 0 bridgehead atoms. The predicted molar refractivity (Wildman–Crippen MR) is 72.2 cm³/mol. The van der Waals surface area contributed by atoms with E-state index in [4.69, 9.17) is 15.4 Å². The van der Waals surface area contributed by atoms with E-state index in [1.54, 1.807) is 12.1 Å². The van der Waals surface area contributed by atoms with E-state index in [1.165, 1.54) is 6.07 Å². The van der Waals surface area contributed by atoms with Gasteiger partial charge in [-0.1, -0.05) is 19.8 Å². The van der Waals surface area contributed by atoms with Gasteiger partial charge in [0.1, 0.15) is 5.75 Å². The van der Waals surface area contributed by atoms with Crippen molar-refractivity contribution in [1.82, 2.24) is 0 Å². The highest BCUT2D eigenvalue weighted by molar-refractivity contribution is 9.10. The second-order valence-electron chi connectivity index (χ2n) is 3.59. The maximum atomic E-state index is 11.2. The molecule has 1 rings (SSSR count). The molecule has 1 aromatic rings. The largest absolute Gasteiger partial charge is 0.494 e. The molecule has 3 nitrogen and oxygen atoms in total. The van der Waals surface area contributed by atoms with Crippen LogP contribution in [0.3, 0.4) is 0 Å². The molecule has 17 heavy (non-hydrogen) atoms. The summed E-state index contributed by atoms with van der Waals surface area (Å²) in [7, 11) is 1.55. The van der Waals surface area contributed by atoms with E-state index in [0.717, 1.165) is 19.3 Å². The SMILES string of the molecule is CCCCCOc1ccc(S(=O)(=O)Cl)c(Br)c1. The number of benzene rings is 1. The number of hydrogen-bond donors (Lipinski definition) is 0. The minimum atomic E-state index is -3.71. The molecule has 0 radical (unpaired) electrons. The summed E-state index contributed by atoms with van der Waals surface area (Å²) < 4.78 is 28.2. The molecule has 0 atom stereocenters. The molecule has 0 spiro atoms. The first-order valence-corrected chi connectivity index (χ1v) is 8.42. The Labute approximate surface area is 115 Å². The lowest BCUT2D eigenvalue weighted by Crippen LogP contribution is -1.98. The van der Waals surface area contributed by atoms with Crippen molar-refractivity contribution in [3.05, 3.63) is 22.7 Å². The van der Waals surface area contributed by atoms with Crippen molar-refractivity contribution in [3.8, 4) is 5.75 Å². The fourth-order valence-electron chi connectivity index (χ4n) is 1.31. The minimum absolute atomic E-state index is 0.0556. The van der Waals surface area contributed by atoms with Gasteiger partial charge in [-0.2, -0.15) is 0 Å². The monoisotopic (exact) mass is 340 g/mol. The van der Waals surface area contributed by atoms with Gasteiger partial charge in [-0.3, -0.25) is 0 Å². The van der Waals surface area contributed by atoms with E-state index in [-0.39, 0.29) is 4.90 Å². The molecule has 6 heteroatoms. The van der Waals surface area contributed by atoms with E-state index in [1.807, 2.05) is 0 Å². The zero-order valence-corrected chi connectivity index (χ0v) is 12.6. The van der Waals surface area contributed by atoms with E-state index >= 15 is 0 Å². The lowest BCUT2D eigenvalue weighted by molar-refractivity contribution is 0.306. The van der Waals surface area contributed by atoms with Gasteiger partial charge in [-0.15, -0.1) is 0 Å². The number of hydrogen-bond acceptors (Lipinski definition) is 3. The Morgan fingerprint density at radius 3 is 2.59 bits per heavy atom. The summed E-state index contributed by atoms with van der Waals surface area (Å²) in [5, 5.41) is 0. The highest BCUT2D eigenvalue weighted by Gasteiger charge is 2.14. The van der Waals surface area contributed by atoms with Gasteiger partial charge in [0.05, 0.1) is 11.5 Å². The summed E-state index contributed by atoms with van der Waals surface area (Å²) in [4.78, 5) is 0.0556. The molecule has 96 valence electrons. The quantitative estimate of drug-likeness (QED) is 0.581. The molecule has 0 fully saturated rings. The Bertz CT molecular complexity index is 474. The molecule has 0 aliphatic rings. The van der Waals surface area contributed by atoms with E-state index < -0.39 is 9.05 Å². The summed E-state index contributed by atoms with van der Waals surface area (Å²) in [5.41, 5.74) is 0. The first-order valence-electron chi connectivity index (χ1n) is 5.32. The van der Waals surface area contributed by atoms with E-state index in [0.29, 0.717) is 16.8 Å². The first-order chi connectivity index (χ1) is 7.95. The van der Waals surface area contributed by atoms with Gasteiger partial charge >= 0.3 is 0 Å². The normalized spacial score (nSPS) is 11.5. The smallest absolute Gasteiger partial charge is 0.262 e. The minimum Gasteiger partial charge on any atom is -0.494 e. The molecule has 0 unspecified atom stereocenters. The third kappa shape index (κ3) is 4.85. The molecular weight excluding hydrogens is 328 g/mol. The van der Waals surface area contributed by atoms with Crippen LogP contribution in [0.25, 0.3) is 0 Å². The van der Waals surface area contributed by atoms with Gasteiger partial charge in [0.15, 0.2) is 0 Å². The Balaban J connectivity index is 2.70. The molecule has 0 N–H and O–H groups in total. The van der Waals surface area contributed by atoms with Crippen molar-refractivity contribution in [3.63, 3.8) is 0 Å². The van der Waals surface area contributed by atoms with Gasteiger partial charge in [0, 0.05) is 15.2 Å². The number of rotatable bonds is 6. The number of halogens is 2. The Morgan fingerprint density at radius 2 is 2.06 bits per heavy atom. The summed E-state index contributed by atoms with van der Waals surface area (Å²) in [6, 6.07) is 4.65. The zero-order chi connectivity index (χ0) is 12.9. The maximum Gasteiger partial charge on any atom is 0.262 e. The lowest BCUT2D eigenvalue weighted by Gasteiger charge is -2.07. The maximum absolute atomic E-state index is 11.2. The molecule has 0 aliphatic heterocycles. The fraction of sp³-hybridized carbons (Fsp3) is 0.455. The molecule has 0 aromatic heterocycles. The van der Waals surface area contributed by atoms with Gasteiger partial charge in [0.25, 0.3) is 9.05 Å². The molecule has 0 aliphatic carbocycles. The van der Waals surface area contributed by atoms with Crippen LogP contribution in [0.5, 0.6) is 5.75 Å². The second kappa shape index (κ2) is 6.61. The van der Waals surface area contributed by atoms with Gasteiger partial charge < -0.3 is 4.74 Å². The predicted octanol–water partition coefficient (Wildman–Crippen LogP) is 3.95. The lowest BCUT2D eigenvalue weighted by atomic mass is 10.3. The van der Waals surface area contributed by atoms with Crippen LogP contribution >= 0.6 is 26.6 Å². The van der Waals surface area contributed by atoms with Crippen molar-refractivity contribution in [2.24, 2.45) is 0 Å². The number of unbranched alkanes of at least 4 members (excludes halogenated alkanes) is 2. The third-order valence-corrected chi connectivity index (χ3v) is 4.48. The van der Waals surface area contributed by atoms with Gasteiger partial charge in [-0.25, -0.2) is 8.42 Å². The summed E-state index contributed by atoms with van der Waals surface area (Å²) in [6.45, 7) is 2.75. The standard InChI is InChI=1S/C11H14BrClO3S/c1-2-3-4-7-16-9-5-6-11(10(12)8-9)17(13,14)15/h5-6,8H,2-4,7H2,1H3. The van der Waals surface area contributed by atoms with Crippen molar-refractivity contribution >= 4 is 35.7 Å². The van der Waals surface area contributed by atoms with Crippen LogP contribution in [0.4, 0.5) is 0 Å². The molecule has 0 heterocycles. The average molecular weight is 342 g/mol. The molecule has 0 saturated heterocycles. The van der Waals surface area contributed by atoms with E-state index in [2.05, 4.69) is 22.9 Å². The van der Waals surface area contributed by atoms with Crippen LogP contribution in [-0.2, 0) is 9.05 Å². The Kier molecular flexibility index (Phi) is 5.76. The highest BCUT2D eigenvalue weighted by Crippen LogP contribution is 2.28. The highest BCUT2D eigenvalue weighted by atomic mass is 79.9. The van der Waals surface area contributed by atoms with Crippen molar-refractivity contribution in [2.45, 2.75) is 31.1 Å². The first kappa shape index (κ1) is 14.8.